The minimum atomic E-state index is 0.328. The molecule has 1 N–H and O–H groups in total. The molecule has 3 aliphatic rings. The molecule has 96 valence electrons. The highest BCUT2D eigenvalue weighted by molar-refractivity contribution is 5.80. The van der Waals surface area contributed by atoms with Gasteiger partial charge in [-0.15, -0.1) is 0 Å². The van der Waals surface area contributed by atoms with Crippen molar-refractivity contribution in [3.8, 4) is 0 Å². The standard InChI is InChI=1S/C14H24N2O/c1-10(11-6-7-11)9-16-13(17)8-15-14(16)12-4-2-3-5-12/h10-12,14-15H,2-9H2,1H3. The van der Waals surface area contributed by atoms with Crippen LogP contribution in [0, 0.1) is 17.8 Å². The molecule has 3 heteroatoms. The molecule has 0 aromatic heterocycles. The van der Waals surface area contributed by atoms with Crippen LogP contribution >= 0.6 is 0 Å². The van der Waals surface area contributed by atoms with Crippen LogP contribution in [0.2, 0.25) is 0 Å². The lowest BCUT2D eigenvalue weighted by Crippen LogP contribution is -2.44. The van der Waals surface area contributed by atoms with Crippen molar-refractivity contribution in [1.29, 1.82) is 0 Å². The van der Waals surface area contributed by atoms with Gasteiger partial charge >= 0.3 is 0 Å². The highest BCUT2D eigenvalue weighted by atomic mass is 16.2. The maximum atomic E-state index is 12.0. The quantitative estimate of drug-likeness (QED) is 0.809. The molecule has 1 saturated heterocycles. The molecule has 3 fully saturated rings. The van der Waals surface area contributed by atoms with Gasteiger partial charge in [-0.2, -0.15) is 0 Å². The molecular weight excluding hydrogens is 212 g/mol. The highest BCUT2D eigenvalue weighted by Crippen LogP contribution is 2.38. The van der Waals surface area contributed by atoms with Gasteiger partial charge in [0.25, 0.3) is 0 Å². The van der Waals surface area contributed by atoms with E-state index in [0.717, 1.165) is 12.5 Å². The largest absolute Gasteiger partial charge is 0.325 e. The van der Waals surface area contributed by atoms with Crippen LogP contribution in [0.4, 0.5) is 0 Å². The third-order valence-electron chi connectivity index (χ3n) is 4.88. The Kier molecular flexibility index (Phi) is 3.12. The van der Waals surface area contributed by atoms with Crippen LogP contribution in [-0.2, 0) is 4.79 Å². The maximum Gasteiger partial charge on any atom is 0.237 e. The van der Waals surface area contributed by atoms with Crippen molar-refractivity contribution < 1.29 is 4.79 Å². The van der Waals surface area contributed by atoms with Crippen molar-refractivity contribution in [1.82, 2.24) is 10.2 Å². The topological polar surface area (TPSA) is 32.3 Å². The summed E-state index contributed by atoms with van der Waals surface area (Å²) in [7, 11) is 0. The molecule has 2 aliphatic carbocycles. The molecule has 1 aliphatic heterocycles. The first-order valence-corrected chi connectivity index (χ1v) is 7.28. The van der Waals surface area contributed by atoms with Crippen LogP contribution in [0.25, 0.3) is 0 Å². The SMILES string of the molecule is CC(CN1C(=O)CNC1C1CCCC1)C1CC1. The number of amides is 1. The van der Waals surface area contributed by atoms with E-state index in [1.165, 1.54) is 38.5 Å². The molecule has 2 atom stereocenters. The van der Waals surface area contributed by atoms with E-state index in [2.05, 4.69) is 17.1 Å². The van der Waals surface area contributed by atoms with Crippen molar-refractivity contribution in [3.05, 3.63) is 0 Å². The molecule has 0 spiro atoms. The Labute approximate surface area is 104 Å². The molecule has 1 amide bonds. The lowest BCUT2D eigenvalue weighted by molar-refractivity contribution is -0.129. The molecule has 0 aromatic rings. The monoisotopic (exact) mass is 236 g/mol. The van der Waals surface area contributed by atoms with Gasteiger partial charge in [0.2, 0.25) is 5.91 Å². The van der Waals surface area contributed by atoms with Gasteiger partial charge in [0.05, 0.1) is 12.7 Å². The lowest BCUT2D eigenvalue weighted by atomic mass is 10.0. The van der Waals surface area contributed by atoms with Gasteiger partial charge in [0, 0.05) is 6.54 Å². The van der Waals surface area contributed by atoms with Gasteiger partial charge in [-0.1, -0.05) is 19.8 Å². The highest BCUT2D eigenvalue weighted by Gasteiger charge is 2.39. The molecule has 0 aromatic carbocycles. The van der Waals surface area contributed by atoms with Crippen molar-refractivity contribution >= 4 is 5.91 Å². The summed E-state index contributed by atoms with van der Waals surface area (Å²) in [5, 5.41) is 3.44. The van der Waals surface area contributed by atoms with Crippen molar-refractivity contribution in [2.24, 2.45) is 17.8 Å². The first kappa shape index (κ1) is 11.5. The van der Waals surface area contributed by atoms with Crippen LogP contribution in [0.15, 0.2) is 0 Å². The molecule has 0 bridgehead atoms. The third kappa shape index (κ3) is 2.35. The number of nitrogens with zero attached hydrogens (tertiary/aromatic N) is 1. The number of nitrogens with one attached hydrogen (secondary N) is 1. The molecule has 2 saturated carbocycles. The second-order valence-corrected chi connectivity index (χ2v) is 6.23. The van der Waals surface area contributed by atoms with E-state index in [1.54, 1.807) is 0 Å². The Morgan fingerprint density at radius 1 is 1.29 bits per heavy atom. The van der Waals surface area contributed by atoms with E-state index in [0.29, 0.717) is 30.5 Å². The number of carbonyl (C=O) groups excluding carboxylic acids is 1. The minimum absolute atomic E-state index is 0.328. The van der Waals surface area contributed by atoms with E-state index in [4.69, 9.17) is 0 Å². The van der Waals surface area contributed by atoms with Gasteiger partial charge in [0.1, 0.15) is 0 Å². The molecule has 17 heavy (non-hydrogen) atoms. The van der Waals surface area contributed by atoms with E-state index in [9.17, 15) is 4.79 Å². The van der Waals surface area contributed by atoms with Crippen LogP contribution in [-0.4, -0.2) is 30.1 Å². The van der Waals surface area contributed by atoms with Gasteiger partial charge in [-0.05, 0) is 43.4 Å². The third-order valence-corrected chi connectivity index (χ3v) is 4.88. The van der Waals surface area contributed by atoms with Crippen molar-refractivity contribution in [2.45, 2.75) is 51.6 Å². The number of hydrogen-bond acceptors (Lipinski definition) is 2. The molecular formula is C14H24N2O. The number of carbonyl (C=O) groups is 1. The Morgan fingerprint density at radius 3 is 2.65 bits per heavy atom. The van der Waals surface area contributed by atoms with Crippen molar-refractivity contribution in [2.75, 3.05) is 13.1 Å². The van der Waals surface area contributed by atoms with Gasteiger partial charge < -0.3 is 4.90 Å². The Morgan fingerprint density at radius 2 is 2.00 bits per heavy atom. The van der Waals surface area contributed by atoms with Crippen LogP contribution in [0.3, 0.4) is 0 Å². The summed E-state index contributed by atoms with van der Waals surface area (Å²) in [6.07, 6.45) is 8.42. The summed E-state index contributed by atoms with van der Waals surface area (Å²) in [4.78, 5) is 14.1. The molecule has 3 rings (SSSR count). The zero-order chi connectivity index (χ0) is 11.8. The van der Waals surface area contributed by atoms with E-state index in [-0.39, 0.29) is 0 Å². The van der Waals surface area contributed by atoms with E-state index >= 15 is 0 Å². The second kappa shape index (κ2) is 4.60. The molecule has 3 nitrogen and oxygen atoms in total. The van der Waals surface area contributed by atoms with Gasteiger partial charge in [-0.25, -0.2) is 0 Å². The Bertz CT molecular complexity index is 295. The molecule has 2 unspecified atom stereocenters. The van der Waals surface area contributed by atoms with Gasteiger partial charge in [-0.3, -0.25) is 10.1 Å². The van der Waals surface area contributed by atoms with Crippen LogP contribution in [0.1, 0.15) is 45.4 Å². The smallest absolute Gasteiger partial charge is 0.237 e. The predicted octanol–water partition coefficient (Wildman–Crippen LogP) is 1.98. The van der Waals surface area contributed by atoms with E-state index in [1.807, 2.05) is 0 Å². The summed E-state index contributed by atoms with van der Waals surface area (Å²) in [5.74, 6) is 2.64. The fraction of sp³-hybridized carbons (Fsp3) is 0.929. The summed E-state index contributed by atoms with van der Waals surface area (Å²) in [6.45, 7) is 3.87. The predicted molar refractivity (Wildman–Crippen MR) is 67.3 cm³/mol. The van der Waals surface area contributed by atoms with Crippen LogP contribution in [0.5, 0.6) is 0 Å². The average Bonchev–Trinajstić information content (AvgIpc) is 2.93. The minimum Gasteiger partial charge on any atom is -0.325 e. The summed E-state index contributed by atoms with van der Waals surface area (Å²) < 4.78 is 0. The van der Waals surface area contributed by atoms with Crippen LogP contribution < -0.4 is 5.32 Å². The zero-order valence-corrected chi connectivity index (χ0v) is 10.8. The number of rotatable bonds is 4. The normalized spacial score (nSPS) is 32.4. The zero-order valence-electron chi connectivity index (χ0n) is 10.8. The summed E-state index contributed by atoms with van der Waals surface area (Å²) in [5.41, 5.74) is 0. The van der Waals surface area contributed by atoms with E-state index < -0.39 is 0 Å². The Balaban J connectivity index is 1.63. The summed E-state index contributed by atoms with van der Waals surface area (Å²) in [6, 6.07) is 0. The van der Waals surface area contributed by atoms with Crippen molar-refractivity contribution in [3.63, 3.8) is 0 Å². The average molecular weight is 236 g/mol. The maximum absolute atomic E-state index is 12.0. The fourth-order valence-corrected chi connectivity index (χ4v) is 3.59. The first-order chi connectivity index (χ1) is 8.25. The molecule has 1 heterocycles. The fourth-order valence-electron chi connectivity index (χ4n) is 3.59. The lowest BCUT2D eigenvalue weighted by Gasteiger charge is -2.31. The second-order valence-electron chi connectivity index (χ2n) is 6.23. The molecule has 0 radical (unpaired) electrons. The van der Waals surface area contributed by atoms with Gasteiger partial charge in [0.15, 0.2) is 0 Å². The summed E-state index contributed by atoms with van der Waals surface area (Å²) >= 11 is 0. The first-order valence-electron chi connectivity index (χ1n) is 7.28. The number of hydrogen-bond donors (Lipinski definition) is 1. The Hall–Kier alpha value is -0.570.